The lowest BCUT2D eigenvalue weighted by molar-refractivity contribution is -0.00461. The molecule has 0 bridgehead atoms. The summed E-state index contributed by atoms with van der Waals surface area (Å²) in [6, 6.07) is 0.0819. The molecule has 2 aromatic rings. The zero-order valence-corrected chi connectivity index (χ0v) is 14.7. The van der Waals surface area contributed by atoms with E-state index >= 15 is 0 Å². The molecule has 2 aliphatic rings. The minimum Gasteiger partial charge on any atom is -0.371 e. The van der Waals surface area contributed by atoms with Gasteiger partial charge in [0.15, 0.2) is 0 Å². The fourth-order valence-electron chi connectivity index (χ4n) is 3.52. The van der Waals surface area contributed by atoms with Crippen molar-refractivity contribution in [2.75, 3.05) is 31.2 Å². The summed E-state index contributed by atoms with van der Waals surface area (Å²) in [5.74, 6) is 1.83. The first-order chi connectivity index (χ1) is 12.2. The van der Waals surface area contributed by atoms with Crippen LogP contribution in [0.15, 0.2) is 18.9 Å². The van der Waals surface area contributed by atoms with Crippen LogP contribution in [0, 0.1) is 6.92 Å². The van der Waals surface area contributed by atoms with Crippen LogP contribution in [-0.4, -0.2) is 63.2 Å². The normalized spacial score (nSPS) is 24.3. The van der Waals surface area contributed by atoms with Crippen molar-refractivity contribution < 1.29 is 9.47 Å². The van der Waals surface area contributed by atoms with Gasteiger partial charge >= 0.3 is 0 Å². The maximum absolute atomic E-state index is 6.15. The predicted molar refractivity (Wildman–Crippen MR) is 91.5 cm³/mol. The Morgan fingerprint density at radius 2 is 1.96 bits per heavy atom. The van der Waals surface area contributed by atoms with Gasteiger partial charge in [0.1, 0.15) is 42.5 Å². The number of anilines is 1. The lowest BCUT2D eigenvalue weighted by atomic mass is 10.2. The monoisotopic (exact) mass is 344 g/mol. The van der Waals surface area contributed by atoms with E-state index in [1.807, 2.05) is 17.8 Å². The van der Waals surface area contributed by atoms with Crippen molar-refractivity contribution in [3.8, 4) is 0 Å². The number of nitrogens with zero attached hydrogens (tertiary/aromatic N) is 6. The topological polar surface area (TPSA) is 78.2 Å². The van der Waals surface area contributed by atoms with Crippen LogP contribution in [-0.2, 0) is 15.9 Å². The van der Waals surface area contributed by atoms with E-state index < -0.39 is 0 Å². The third kappa shape index (κ3) is 3.36. The van der Waals surface area contributed by atoms with E-state index in [4.69, 9.17) is 14.5 Å². The van der Waals surface area contributed by atoms with Gasteiger partial charge in [-0.1, -0.05) is 13.3 Å². The molecule has 8 heteroatoms. The highest BCUT2D eigenvalue weighted by Crippen LogP contribution is 2.28. The summed E-state index contributed by atoms with van der Waals surface area (Å²) in [5.41, 5.74) is 1.20. The van der Waals surface area contributed by atoms with Gasteiger partial charge in [-0.2, -0.15) is 5.10 Å². The molecule has 4 heterocycles. The van der Waals surface area contributed by atoms with Crippen molar-refractivity contribution in [1.29, 1.82) is 0 Å². The summed E-state index contributed by atoms with van der Waals surface area (Å²) in [6.45, 7) is 6.87. The molecular weight excluding hydrogens is 320 g/mol. The highest BCUT2D eigenvalue weighted by Gasteiger charge is 2.39. The molecule has 2 saturated heterocycles. The van der Waals surface area contributed by atoms with E-state index in [2.05, 4.69) is 26.9 Å². The number of ether oxygens (including phenoxy) is 2. The zero-order chi connectivity index (χ0) is 17.2. The molecule has 2 aromatic heterocycles. The molecule has 25 heavy (non-hydrogen) atoms. The second-order valence-electron chi connectivity index (χ2n) is 6.69. The van der Waals surface area contributed by atoms with Crippen LogP contribution in [0.2, 0.25) is 0 Å². The number of rotatable bonds is 4. The largest absolute Gasteiger partial charge is 0.371 e. The quantitative estimate of drug-likeness (QED) is 0.824. The second kappa shape index (κ2) is 7.05. The molecule has 2 aliphatic heterocycles. The Morgan fingerprint density at radius 3 is 2.60 bits per heavy atom. The third-order valence-corrected chi connectivity index (χ3v) is 4.81. The molecule has 4 rings (SSSR count). The fourth-order valence-corrected chi connectivity index (χ4v) is 3.52. The highest BCUT2D eigenvalue weighted by atomic mass is 16.6. The molecule has 2 atom stereocenters. The van der Waals surface area contributed by atoms with Gasteiger partial charge in [-0.05, 0) is 13.3 Å². The smallest absolute Gasteiger partial charge is 0.137 e. The van der Waals surface area contributed by atoms with Crippen LogP contribution in [0.25, 0.3) is 0 Å². The lowest BCUT2D eigenvalue weighted by Gasteiger charge is -2.22. The number of hydrogen-bond donors (Lipinski definition) is 0. The van der Waals surface area contributed by atoms with Gasteiger partial charge in [0.2, 0.25) is 0 Å². The molecule has 2 fully saturated rings. The zero-order valence-electron chi connectivity index (χ0n) is 14.7. The first-order valence-corrected chi connectivity index (χ1v) is 8.89. The molecular formula is C17H24N6O2. The summed E-state index contributed by atoms with van der Waals surface area (Å²) >= 11 is 0. The van der Waals surface area contributed by atoms with Crippen LogP contribution >= 0.6 is 0 Å². The van der Waals surface area contributed by atoms with Gasteiger partial charge in [0.05, 0.1) is 13.2 Å². The van der Waals surface area contributed by atoms with Crippen molar-refractivity contribution in [3.05, 3.63) is 30.2 Å². The molecule has 8 nitrogen and oxygen atoms in total. The Hall–Kier alpha value is -2.06. The number of hydrogen-bond acceptors (Lipinski definition) is 7. The average Bonchev–Trinajstić information content (AvgIpc) is 3.24. The number of aryl methyl sites for hydroxylation is 2. The maximum Gasteiger partial charge on any atom is 0.137 e. The van der Waals surface area contributed by atoms with Crippen molar-refractivity contribution in [2.45, 2.75) is 44.9 Å². The van der Waals surface area contributed by atoms with Crippen LogP contribution in [0.4, 0.5) is 5.82 Å². The minimum atomic E-state index is 0.0540. The van der Waals surface area contributed by atoms with Crippen molar-refractivity contribution in [1.82, 2.24) is 24.7 Å². The number of aromatic nitrogens is 5. The van der Waals surface area contributed by atoms with Gasteiger partial charge in [0.25, 0.3) is 0 Å². The van der Waals surface area contributed by atoms with Gasteiger partial charge in [-0.25, -0.2) is 19.6 Å². The van der Waals surface area contributed by atoms with Crippen LogP contribution < -0.4 is 4.90 Å². The Morgan fingerprint density at radius 1 is 1.20 bits per heavy atom. The third-order valence-electron chi connectivity index (χ3n) is 4.81. The van der Waals surface area contributed by atoms with Crippen molar-refractivity contribution in [2.24, 2.45) is 0 Å². The van der Waals surface area contributed by atoms with Crippen molar-refractivity contribution >= 4 is 5.82 Å². The lowest BCUT2D eigenvalue weighted by Crippen LogP contribution is -2.27. The molecule has 0 radical (unpaired) electrons. The molecule has 0 aliphatic carbocycles. The van der Waals surface area contributed by atoms with Gasteiger partial charge in [0, 0.05) is 24.8 Å². The summed E-state index contributed by atoms with van der Waals surface area (Å²) in [4.78, 5) is 15.3. The first-order valence-electron chi connectivity index (χ1n) is 8.89. The summed E-state index contributed by atoms with van der Waals surface area (Å²) < 4.78 is 14.1. The molecule has 0 amide bonds. The SMILES string of the molecule is CCCc1cnc(C)nc1N1C[C@@H]2OCC(n3cncn3)CO[C@H]2C1. The van der Waals surface area contributed by atoms with Gasteiger partial charge in [-0.15, -0.1) is 0 Å². The molecule has 0 N–H and O–H groups in total. The van der Waals surface area contributed by atoms with Gasteiger partial charge < -0.3 is 14.4 Å². The second-order valence-corrected chi connectivity index (χ2v) is 6.69. The van der Waals surface area contributed by atoms with Crippen molar-refractivity contribution in [3.63, 3.8) is 0 Å². The summed E-state index contributed by atoms with van der Waals surface area (Å²) in [5, 5.41) is 4.20. The highest BCUT2D eigenvalue weighted by molar-refractivity contribution is 5.48. The Labute approximate surface area is 147 Å². The average molecular weight is 344 g/mol. The Balaban J connectivity index is 1.47. The van der Waals surface area contributed by atoms with E-state index in [1.165, 1.54) is 5.56 Å². The Bertz CT molecular complexity index is 691. The van der Waals surface area contributed by atoms with Gasteiger partial charge in [-0.3, -0.25) is 0 Å². The summed E-state index contributed by atoms with van der Waals surface area (Å²) in [6.07, 6.45) is 7.38. The molecule has 0 spiro atoms. The Kier molecular flexibility index (Phi) is 4.63. The minimum absolute atomic E-state index is 0.0540. The maximum atomic E-state index is 6.15. The van der Waals surface area contributed by atoms with Crippen LogP contribution in [0.3, 0.4) is 0 Å². The van der Waals surface area contributed by atoms with E-state index in [0.717, 1.165) is 37.6 Å². The van der Waals surface area contributed by atoms with Crippen LogP contribution in [0.1, 0.15) is 30.8 Å². The molecule has 134 valence electrons. The number of fused-ring (bicyclic) bond motifs is 1. The first kappa shape index (κ1) is 16.4. The summed E-state index contributed by atoms with van der Waals surface area (Å²) in [7, 11) is 0. The fraction of sp³-hybridized carbons (Fsp3) is 0.647. The standard InChI is InChI=1S/C17H24N6O2/c1-3-4-13-5-19-12(2)21-17(13)22-6-15-16(7-22)25-9-14(8-24-15)23-11-18-10-20-23/h5,10-11,14-16H,3-4,6-9H2,1-2H3/t15-,16-/m0/s1. The molecule has 0 aromatic carbocycles. The molecule has 0 unspecified atom stereocenters. The molecule has 0 saturated carbocycles. The van der Waals surface area contributed by atoms with Crippen LogP contribution in [0.5, 0.6) is 0 Å². The predicted octanol–water partition coefficient (Wildman–Crippen LogP) is 1.17. The van der Waals surface area contributed by atoms with E-state index in [9.17, 15) is 0 Å². The van der Waals surface area contributed by atoms with E-state index in [-0.39, 0.29) is 18.2 Å². The van der Waals surface area contributed by atoms with E-state index in [0.29, 0.717) is 13.2 Å². The van der Waals surface area contributed by atoms with E-state index in [1.54, 1.807) is 12.7 Å².